The molecule has 0 amide bonds. The second-order valence-corrected chi connectivity index (χ2v) is 7.43. The van der Waals surface area contributed by atoms with Gasteiger partial charge in [-0.05, 0) is 66.9 Å². The van der Waals surface area contributed by atoms with Crippen LogP contribution in [0.15, 0.2) is 24.3 Å². The minimum atomic E-state index is -0.650. The molecule has 4 rings (SSSR count). The van der Waals surface area contributed by atoms with Gasteiger partial charge in [-0.15, -0.1) is 0 Å². The zero-order valence-electron chi connectivity index (χ0n) is 12.2. The van der Waals surface area contributed by atoms with Gasteiger partial charge in [-0.1, -0.05) is 31.2 Å². The van der Waals surface area contributed by atoms with E-state index >= 15 is 0 Å². The lowest BCUT2D eigenvalue weighted by Crippen LogP contribution is -2.52. The molecule has 1 aromatic carbocycles. The molecule has 2 saturated carbocycles. The van der Waals surface area contributed by atoms with Crippen LogP contribution in [0, 0.1) is 17.3 Å². The Morgan fingerprint density at radius 3 is 2.70 bits per heavy atom. The van der Waals surface area contributed by atoms with E-state index in [2.05, 4.69) is 31.2 Å². The van der Waals surface area contributed by atoms with Crippen molar-refractivity contribution in [3.05, 3.63) is 35.4 Å². The quantitative estimate of drug-likeness (QED) is 0.762. The maximum Gasteiger partial charge on any atom is 0.0930 e. The molecule has 2 heteroatoms. The molecule has 0 unspecified atom stereocenters. The summed E-state index contributed by atoms with van der Waals surface area (Å²) >= 11 is 0. The van der Waals surface area contributed by atoms with Crippen LogP contribution in [0.2, 0.25) is 0 Å². The van der Waals surface area contributed by atoms with Gasteiger partial charge in [-0.3, -0.25) is 0 Å². The van der Waals surface area contributed by atoms with Crippen LogP contribution in [0.25, 0.3) is 0 Å². The van der Waals surface area contributed by atoms with Crippen molar-refractivity contribution in [2.45, 2.75) is 57.2 Å². The van der Waals surface area contributed by atoms with E-state index in [4.69, 9.17) is 0 Å². The van der Waals surface area contributed by atoms with Gasteiger partial charge in [0, 0.05) is 0 Å². The van der Waals surface area contributed by atoms with Gasteiger partial charge in [-0.25, -0.2) is 0 Å². The van der Waals surface area contributed by atoms with Crippen molar-refractivity contribution < 1.29 is 10.2 Å². The molecule has 1 aromatic rings. The molecule has 0 bridgehead atoms. The van der Waals surface area contributed by atoms with Crippen molar-refractivity contribution in [2.24, 2.45) is 17.3 Å². The predicted molar refractivity (Wildman–Crippen MR) is 78.2 cm³/mol. The summed E-state index contributed by atoms with van der Waals surface area (Å²) in [5.41, 5.74) is 1.87. The monoisotopic (exact) mass is 272 g/mol. The number of hydrogen-bond donors (Lipinski definition) is 2. The predicted octanol–water partition coefficient (Wildman–Crippen LogP) is 3.01. The van der Waals surface area contributed by atoms with E-state index in [-0.39, 0.29) is 11.5 Å². The van der Waals surface area contributed by atoms with Crippen LogP contribution in [-0.2, 0) is 12.0 Å². The first-order chi connectivity index (χ1) is 9.56. The van der Waals surface area contributed by atoms with Crippen LogP contribution in [-0.4, -0.2) is 16.3 Å². The zero-order valence-corrected chi connectivity index (χ0v) is 12.2. The first-order valence-electron chi connectivity index (χ1n) is 8.04. The van der Waals surface area contributed by atoms with Gasteiger partial charge in [0.25, 0.3) is 0 Å². The normalized spacial score (nSPS) is 46.5. The Bertz CT molecular complexity index is 540. The molecule has 0 radical (unpaired) electrons. The van der Waals surface area contributed by atoms with Crippen LogP contribution in [0.1, 0.15) is 50.2 Å². The fourth-order valence-corrected chi connectivity index (χ4v) is 5.48. The van der Waals surface area contributed by atoms with Gasteiger partial charge in [0.15, 0.2) is 0 Å². The van der Waals surface area contributed by atoms with Crippen molar-refractivity contribution in [1.82, 2.24) is 0 Å². The molecule has 3 aliphatic rings. The molecule has 2 fully saturated rings. The highest BCUT2D eigenvalue weighted by Gasteiger charge is 2.59. The van der Waals surface area contributed by atoms with Gasteiger partial charge in [-0.2, -0.15) is 0 Å². The Kier molecular flexibility index (Phi) is 2.62. The smallest absolute Gasteiger partial charge is 0.0930 e. The molecule has 0 spiro atoms. The molecule has 2 N–H and O–H groups in total. The molecule has 0 heterocycles. The Balaban J connectivity index is 1.79. The summed E-state index contributed by atoms with van der Waals surface area (Å²) < 4.78 is 0. The summed E-state index contributed by atoms with van der Waals surface area (Å²) in [7, 11) is 0. The Morgan fingerprint density at radius 2 is 1.85 bits per heavy atom. The fraction of sp³-hybridized carbons (Fsp3) is 0.667. The van der Waals surface area contributed by atoms with E-state index in [0.29, 0.717) is 11.8 Å². The third kappa shape index (κ3) is 1.47. The van der Waals surface area contributed by atoms with E-state index in [1.54, 1.807) is 0 Å². The van der Waals surface area contributed by atoms with Crippen molar-refractivity contribution in [3.63, 3.8) is 0 Å². The summed E-state index contributed by atoms with van der Waals surface area (Å²) in [6.07, 6.45) is 5.71. The lowest BCUT2D eigenvalue weighted by atomic mass is 9.53. The van der Waals surface area contributed by atoms with Crippen LogP contribution in [0.5, 0.6) is 0 Å². The zero-order chi connectivity index (χ0) is 14.0. The number of fused-ring (bicyclic) bond motifs is 5. The summed E-state index contributed by atoms with van der Waals surface area (Å²) in [5, 5.41) is 21.8. The first-order valence-corrected chi connectivity index (χ1v) is 8.04. The molecule has 2 nitrogen and oxygen atoms in total. The van der Waals surface area contributed by atoms with Crippen LogP contribution < -0.4 is 0 Å². The standard InChI is InChI=1S/C18H24O2/c1-17-10-11-18(20)13-5-3-2-4-12(13)6-7-15(18)14(17)8-9-16(17)19/h2-5,14-16,19-20H,6-11H2,1H3/t14-,15-,16+,17-,18-/m0/s1. The van der Waals surface area contributed by atoms with E-state index in [0.717, 1.165) is 38.5 Å². The largest absolute Gasteiger partial charge is 0.393 e. The van der Waals surface area contributed by atoms with Gasteiger partial charge in [0.1, 0.15) is 0 Å². The average molecular weight is 272 g/mol. The van der Waals surface area contributed by atoms with Gasteiger partial charge < -0.3 is 10.2 Å². The third-order valence-corrected chi connectivity index (χ3v) is 6.71. The number of rotatable bonds is 0. The summed E-state index contributed by atoms with van der Waals surface area (Å²) in [6, 6.07) is 8.42. The topological polar surface area (TPSA) is 40.5 Å². The molecule has 5 atom stereocenters. The minimum Gasteiger partial charge on any atom is -0.393 e. The second-order valence-electron chi connectivity index (χ2n) is 7.43. The lowest BCUT2D eigenvalue weighted by Gasteiger charge is -2.54. The highest BCUT2D eigenvalue weighted by atomic mass is 16.3. The van der Waals surface area contributed by atoms with Crippen LogP contribution in [0.4, 0.5) is 0 Å². The van der Waals surface area contributed by atoms with Crippen LogP contribution in [0.3, 0.4) is 0 Å². The third-order valence-electron chi connectivity index (χ3n) is 6.71. The summed E-state index contributed by atoms with van der Waals surface area (Å²) in [4.78, 5) is 0. The maximum absolute atomic E-state index is 11.4. The van der Waals surface area contributed by atoms with E-state index in [1.165, 1.54) is 11.1 Å². The average Bonchev–Trinajstić information content (AvgIpc) is 2.75. The number of aliphatic hydroxyl groups is 2. The molecule has 0 aromatic heterocycles. The molecular formula is C18H24O2. The second kappa shape index (κ2) is 4.08. The van der Waals surface area contributed by atoms with E-state index in [9.17, 15) is 10.2 Å². The lowest BCUT2D eigenvalue weighted by molar-refractivity contribution is -0.142. The Labute approximate surface area is 120 Å². The molecular weight excluding hydrogens is 248 g/mol. The van der Waals surface area contributed by atoms with Gasteiger partial charge in [0.05, 0.1) is 11.7 Å². The molecule has 3 aliphatic carbocycles. The van der Waals surface area contributed by atoms with Crippen molar-refractivity contribution >= 4 is 0 Å². The minimum absolute atomic E-state index is 0.0309. The van der Waals surface area contributed by atoms with E-state index < -0.39 is 5.60 Å². The fourth-order valence-electron chi connectivity index (χ4n) is 5.48. The highest BCUT2D eigenvalue weighted by Crippen LogP contribution is 2.62. The van der Waals surface area contributed by atoms with Crippen LogP contribution >= 0.6 is 0 Å². The summed E-state index contributed by atoms with van der Waals surface area (Å²) in [5.74, 6) is 0.804. The Hall–Kier alpha value is -0.860. The molecule has 0 saturated heterocycles. The van der Waals surface area contributed by atoms with Gasteiger partial charge >= 0.3 is 0 Å². The first kappa shape index (κ1) is 12.8. The molecule has 20 heavy (non-hydrogen) atoms. The van der Waals surface area contributed by atoms with Crippen molar-refractivity contribution in [3.8, 4) is 0 Å². The maximum atomic E-state index is 11.4. The molecule has 0 aliphatic heterocycles. The number of benzene rings is 1. The number of hydrogen-bond acceptors (Lipinski definition) is 2. The van der Waals surface area contributed by atoms with E-state index in [1.807, 2.05) is 0 Å². The van der Waals surface area contributed by atoms with Crippen molar-refractivity contribution in [1.29, 1.82) is 0 Å². The highest BCUT2D eigenvalue weighted by molar-refractivity contribution is 5.37. The summed E-state index contributed by atoms with van der Waals surface area (Å²) in [6.45, 7) is 2.25. The van der Waals surface area contributed by atoms with Crippen molar-refractivity contribution in [2.75, 3.05) is 0 Å². The van der Waals surface area contributed by atoms with Gasteiger partial charge in [0.2, 0.25) is 0 Å². The number of aliphatic hydroxyl groups excluding tert-OH is 1. The molecule has 108 valence electrons. The Morgan fingerprint density at radius 1 is 1.05 bits per heavy atom. The SMILES string of the molecule is C[C@]12CC[C@]3(O)c4ccccc4CC[C@H]3[C@@H]1CC[C@H]2O. The number of aryl methyl sites for hydroxylation is 1.